The Kier molecular flexibility index (Phi) is 4.43. The van der Waals surface area contributed by atoms with Gasteiger partial charge in [0.1, 0.15) is 6.61 Å². The highest BCUT2D eigenvalue weighted by molar-refractivity contribution is 5.84. The van der Waals surface area contributed by atoms with Gasteiger partial charge in [-0.25, -0.2) is 0 Å². The van der Waals surface area contributed by atoms with E-state index in [1.165, 1.54) is 7.11 Å². The summed E-state index contributed by atoms with van der Waals surface area (Å²) in [5.41, 5.74) is 1.12. The quantitative estimate of drug-likeness (QED) is 0.888. The molecule has 22 heavy (non-hydrogen) atoms. The number of methoxy groups -OCH3 is 1. The molecule has 0 radical (unpaired) electrons. The van der Waals surface area contributed by atoms with Crippen molar-refractivity contribution in [2.24, 2.45) is 5.92 Å². The molecule has 2 fully saturated rings. The first kappa shape index (κ1) is 15.0. The van der Waals surface area contributed by atoms with Gasteiger partial charge in [0.15, 0.2) is 0 Å². The van der Waals surface area contributed by atoms with E-state index in [0.717, 1.165) is 18.4 Å². The summed E-state index contributed by atoms with van der Waals surface area (Å²) in [7, 11) is 1.51. The molecule has 2 aliphatic rings. The van der Waals surface area contributed by atoms with E-state index in [0.29, 0.717) is 19.1 Å². The van der Waals surface area contributed by atoms with Gasteiger partial charge >= 0.3 is 0 Å². The van der Waals surface area contributed by atoms with Gasteiger partial charge in [0.05, 0.1) is 5.92 Å². The summed E-state index contributed by atoms with van der Waals surface area (Å²) in [6.45, 7) is 1.12. The highest BCUT2D eigenvalue weighted by atomic mass is 16.5. The van der Waals surface area contributed by atoms with Crippen molar-refractivity contribution < 1.29 is 14.3 Å². The van der Waals surface area contributed by atoms with Crippen LogP contribution in [0.2, 0.25) is 0 Å². The van der Waals surface area contributed by atoms with Gasteiger partial charge in [0.2, 0.25) is 11.8 Å². The van der Waals surface area contributed by atoms with Gasteiger partial charge in [-0.15, -0.1) is 0 Å². The normalized spacial score (nSPS) is 24.3. The topological polar surface area (TPSA) is 58.6 Å². The van der Waals surface area contributed by atoms with Crippen molar-refractivity contribution in [3.63, 3.8) is 0 Å². The summed E-state index contributed by atoms with van der Waals surface area (Å²) in [5.74, 6) is -0.0983. The average molecular weight is 302 g/mol. The summed E-state index contributed by atoms with van der Waals surface area (Å²) in [6.07, 6.45) is 2.14. The number of benzene rings is 1. The van der Waals surface area contributed by atoms with Crippen LogP contribution in [0.15, 0.2) is 30.3 Å². The van der Waals surface area contributed by atoms with E-state index in [1.807, 2.05) is 30.3 Å². The summed E-state index contributed by atoms with van der Waals surface area (Å²) in [4.78, 5) is 26.4. The van der Waals surface area contributed by atoms with Crippen LogP contribution in [0.4, 0.5) is 0 Å². The molecule has 118 valence electrons. The predicted octanol–water partition coefficient (Wildman–Crippen LogP) is 1.15. The van der Waals surface area contributed by atoms with E-state index in [-0.39, 0.29) is 30.3 Å². The minimum atomic E-state index is -0.177. The number of rotatable bonds is 5. The van der Waals surface area contributed by atoms with E-state index in [1.54, 1.807) is 4.90 Å². The predicted molar refractivity (Wildman–Crippen MR) is 82.3 cm³/mol. The fourth-order valence-electron chi connectivity index (χ4n) is 3.06. The largest absolute Gasteiger partial charge is 0.375 e. The van der Waals surface area contributed by atoms with Gasteiger partial charge in [0, 0.05) is 32.2 Å². The molecule has 3 rings (SSSR count). The van der Waals surface area contributed by atoms with Crippen molar-refractivity contribution in [1.29, 1.82) is 0 Å². The highest BCUT2D eigenvalue weighted by Crippen LogP contribution is 2.33. The van der Waals surface area contributed by atoms with Crippen LogP contribution in [-0.4, -0.2) is 49.6 Å². The molecule has 2 amide bonds. The van der Waals surface area contributed by atoms with Crippen molar-refractivity contribution in [1.82, 2.24) is 10.2 Å². The van der Waals surface area contributed by atoms with Crippen molar-refractivity contribution in [2.45, 2.75) is 24.8 Å². The number of amides is 2. The van der Waals surface area contributed by atoms with Gasteiger partial charge in [-0.1, -0.05) is 30.3 Å². The molecule has 1 N–H and O–H groups in total. The van der Waals surface area contributed by atoms with Crippen LogP contribution >= 0.6 is 0 Å². The van der Waals surface area contributed by atoms with Gasteiger partial charge in [-0.05, 0) is 18.4 Å². The number of hydrogen-bond acceptors (Lipinski definition) is 3. The van der Waals surface area contributed by atoms with Crippen LogP contribution in [0.1, 0.15) is 24.3 Å². The lowest BCUT2D eigenvalue weighted by Gasteiger charge is -2.17. The number of carbonyl (C=O) groups excluding carboxylic acids is 2. The minimum Gasteiger partial charge on any atom is -0.375 e. The molecule has 1 aliphatic heterocycles. The summed E-state index contributed by atoms with van der Waals surface area (Å²) < 4.78 is 4.94. The molecule has 0 spiro atoms. The molecule has 2 atom stereocenters. The number of nitrogens with one attached hydrogen (secondary N) is 1. The molecule has 1 aromatic rings. The monoisotopic (exact) mass is 302 g/mol. The maximum Gasteiger partial charge on any atom is 0.248 e. The summed E-state index contributed by atoms with van der Waals surface area (Å²) in [5, 5.41) is 3.08. The number of likely N-dealkylation sites (tertiary alicyclic amines) is 1. The van der Waals surface area contributed by atoms with Crippen LogP contribution in [0.5, 0.6) is 0 Å². The Morgan fingerprint density at radius 3 is 2.59 bits per heavy atom. The molecule has 1 saturated heterocycles. The second-order valence-electron chi connectivity index (χ2n) is 6.14. The third-order valence-electron chi connectivity index (χ3n) is 4.43. The number of ether oxygens (including phenoxy) is 1. The highest BCUT2D eigenvalue weighted by Gasteiger charge is 2.41. The van der Waals surface area contributed by atoms with Crippen LogP contribution in [0.25, 0.3) is 0 Å². The molecule has 1 saturated carbocycles. The van der Waals surface area contributed by atoms with E-state index in [4.69, 9.17) is 4.74 Å². The van der Waals surface area contributed by atoms with E-state index >= 15 is 0 Å². The lowest BCUT2D eigenvalue weighted by molar-refractivity contribution is -0.134. The van der Waals surface area contributed by atoms with Gasteiger partial charge < -0.3 is 15.0 Å². The van der Waals surface area contributed by atoms with Crippen molar-refractivity contribution in [3.05, 3.63) is 35.9 Å². The number of nitrogens with zero attached hydrogens (tertiary/aromatic N) is 1. The Bertz CT molecular complexity index is 542. The van der Waals surface area contributed by atoms with Crippen molar-refractivity contribution >= 4 is 11.8 Å². The molecule has 5 nitrogen and oxygen atoms in total. The first-order chi connectivity index (χ1) is 10.7. The van der Waals surface area contributed by atoms with Crippen molar-refractivity contribution in [3.8, 4) is 0 Å². The molecule has 0 bridgehead atoms. The first-order valence-electron chi connectivity index (χ1n) is 7.81. The smallest absolute Gasteiger partial charge is 0.248 e. The van der Waals surface area contributed by atoms with Crippen LogP contribution in [-0.2, 0) is 14.3 Å². The zero-order valence-corrected chi connectivity index (χ0v) is 12.8. The maximum absolute atomic E-state index is 12.5. The van der Waals surface area contributed by atoms with Gasteiger partial charge in [0.25, 0.3) is 0 Å². The maximum atomic E-state index is 12.5. The lowest BCUT2D eigenvalue weighted by atomic mass is 9.88. The Morgan fingerprint density at radius 1 is 1.23 bits per heavy atom. The fourth-order valence-corrected chi connectivity index (χ4v) is 3.06. The fraction of sp³-hybridized carbons (Fsp3) is 0.529. The third-order valence-corrected chi connectivity index (χ3v) is 4.43. The Hall–Kier alpha value is -1.88. The van der Waals surface area contributed by atoms with Gasteiger partial charge in [-0.2, -0.15) is 0 Å². The Balaban J connectivity index is 1.76. The van der Waals surface area contributed by atoms with E-state index in [9.17, 15) is 9.59 Å². The second kappa shape index (κ2) is 6.48. The SMILES string of the molecule is COCC(=O)N1CC(C(=O)NC2CC2)C(c2ccccc2)C1. The first-order valence-corrected chi connectivity index (χ1v) is 7.81. The molecule has 1 aliphatic carbocycles. The summed E-state index contributed by atoms with van der Waals surface area (Å²) in [6, 6.07) is 10.3. The summed E-state index contributed by atoms with van der Waals surface area (Å²) >= 11 is 0. The molecule has 0 aromatic heterocycles. The average Bonchev–Trinajstić information content (AvgIpc) is 3.22. The number of carbonyl (C=O) groups is 2. The molecule has 1 aromatic carbocycles. The Labute approximate surface area is 130 Å². The van der Waals surface area contributed by atoms with Crippen LogP contribution in [0, 0.1) is 5.92 Å². The molecule has 2 unspecified atom stereocenters. The van der Waals surface area contributed by atoms with E-state index < -0.39 is 0 Å². The molecular formula is C17H22N2O3. The molecular weight excluding hydrogens is 280 g/mol. The molecule has 5 heteroatoms. The standard InChI is InChI=1S/C17H22N2O3/c1-22-11-16(20)19-9-14(12-5-3-2-4-6-12)15(10-19)17(21)18-13-7-8-13/h2-6,13-15H,7-11H2,1H3,(H,18,21). The zero-order valence-electron chi connectivity index (χ0n) is 12.8. The lowest BCUT2D eigenvalue weighted by Crippen LogP contribution is -2.37. The van der Waals surface area contributed by atoms with Crippen molar-refractivity contribution in [2.75, 3.05) is 26.8 Å². The molecule has 1 heterocycles. The zero-order chi connectivity index (χ0) is 15.5. The van der Waals surface area contributed by atoms with Crippen LogP contribution in [0.3, 0.4) is 0 Å². The number of hydrogen-bond donors (Lipinski definition) is 1. The second-order valence-corrected chi connectivity index (χ2v) is 6.14. The van der Waals surface area contributed by atoms with Gasteiger partial charge in [-0.3, -0.25) is 9.59 Å². The Morgan fingerprint density at radius 2 is 1.95 bits per heavy atom. The van der Waals surface area contributed by atoms with E-state index in [2.05, 4.69) is 5.32 Å². The minimum absolute atomic E-state index is 0.0508. The third kappa shape index (κ3) is 3.30. The van der Waals surface area contributed by atoms with Crippen LogP contribution < -0.4 is 5.32 Å².